The molecule has 1 rings (SSSR count). The van der Waals surface area contributed by atoms with Gasteiger partial charge in [-0.15, -0.1) is 0 Å². The average molecular weight is 283 g/mol. The third kappa shape index (κ3) is 3.99. The second kappa shape index (κ2) is 5.34. The number of alkyl halides is 3. The number of benzene rings is 1. The van der Waals surface area contributed by atoms with Crippen LogP contribution >= 0.6 is 11.6 Å². The predicted molar refractivity (Wildman–Crippen MR) is 62.0 cm³/mol. The molecule has 18 heavy (non-hydrogen) atoms. The number of nitrogens with one attached hydrogen (secondary N) is 1. The summed E-state index contributed by atoms with van der Waals surface area (Å²) in [7, 11) is 0. The van der Waals surface area contributed by atoms with Gasteiger partial charge in [0.25, 0.3) is 0 Å². The van der Waals surface area contributed by atoms with E-state index in [1.54, 1.807) is 0 Å². The molecule has 4 N–H and O–H groups in total. The van der Waals surface area contributed by atoms with Gasteiger partial charge in [-0.05, 0) is 12.1 Å². The highest BCUT2D eigenvalue weighted by atomic mass is 35.5. The van der Waals surface area contributed by atoms with Gasteiger partial charge in [0.2, 0.25) is 0 Å². The Morgan fingerprint density at radius 3 is 2.56 bits per heavy atom. The van der Waals surface area contributed by atoms with Crippen LogP contribution in [-0.4, -0.2) is 23.8 Å². The molecule has 0 aliphatic heterocycles. The van der Waals surface area contributed by atoms with Crippen LogP contribution in [0.5, 0.6) is 0 Å². The van der Waals surface area contributed by atoms with Crippen molar-refractivity contribution in [3.8, 4) is 0 Å². The van der Waals surface area contributed by atoms with Crippen molar-refractivity contribution in [1.82, 2.24) is 0 Å². The van der Waals surface area contributed by atoms with E-state index in [-0.39, 0.29) is 22.0 Å². The van der Waals surface area contributed by atoms with Crippen LogP contribution in [0.2, 0.25) is 5.02 Å². The number of rotatable bonds is 4. The maximum absolute atomic E-state index is 12.0. The molecule has 1 aromatic rings. The highest BCUT2D eigenvalue weighted by Crippen LogP contribution is 2.30. The molecule has 0 aliphatic carbocycles. The highest BCUT2D eigenvalue weighted by molar-refractivity contribution is 6.34. The number of carboxylic acid groups (broad SMARTS) is 1. The van der Waals surface area contributed by atoms with Crippen molar-refractivity contribution in [3.63, 3.8) is 0 Å². The maximum atomic E-state index is 12.0. The van der Waals surface area contributed by atoms with Crippen LogP contribution in [0, 0.1) is 0 Å². The van der Waals surface area contributed by atoms with Gasteiger partial charge in [0.05, 0.1) is 22.7 Å². The van der Waals surface area contributed by atoms with Crippen LogP contribution in [0.1, 0.15) is 16.8 Å². The van der Waals surface area contributed by atoms with Gasteiger partial charge in [-0.2, -0.15) is 13.2 Å². The molecule has 1 aromatic carbocycles. The van der Waals surface area contributed by atoms with Gasteiger partial charge >= 0.3 is 12.1 Å². The Balaban J connectivity index is 2.91. The van der Waals surface area contributed by atoms with E-state index >= 15 is 0 Å². The number of nitrogen functional groups attached to an aromatic ring is 1. The third-order valence-corrected chi connectivity index (χ3v) is 2.35. The van der Waals surface area contributed by atoms with Crippen molar-refractivity contribution < 1.29 is 23.1 Å². The van der Waals surface area contributed by atoms with Crippen LogP contribution in [-0.2, 0) is 0 Å². The van der Waals surface area contributed by atoms with Crippen LogP contribution in [0.4, 0.5) is 24.5 Å². The molecule has 0 unspecified atom stereocenters. The quantitative estimate of drug-likeness (QED) is 0.742. The largest absolute Gasteiger partial charge is 0.478 e. The lowest BCUT2D eigenvalue weighted by Crippen LogP contribution is -2.16. The summed E-state index contributed by atoms with van der Waals surface area (Å²) in [6.07, 6.45) is -5.41. The van der Waals surface area contributed by atoms with Crippen molar-refractivity contribution in [2.24, 2.45) is 0 Å². The average Bonchev–Trinajstić information content (AvgIpc) is 2.18. The van der Waals surface area contributed by atoms with E-state index in [2.05, 4.69) is 5.32 Å². The number of halogens is 4. The Hall–Kier alpha value is -1.63. The zero-order valence-electron chi connectivity index (χ0n) is 9.01. The van der Waals surface area contributed by atoms with Crippen LogP contribution in [0.25, 0.3) is 0 Å². The number of anilines is 2. The van der Waals surface area contributed by atoms with Gasteiger partial charge in [0, 0.05) is 12.2 Å². The molecule has 0 fully saturated rings. The number of hydrogen-bond acceptors (Lipinski definition) is 3. The molecular weight excluding hydrogens is 273 g/mol. The summed E-state index contributed by atoms with van der Waals surface area (Å²) in [5.41, 5.74) is 5.20. The molecule has 0 heterocycles. The Morgan fingerprint density at radius 2 is 2.06 bits per heavy atom. The molecule has 0 bridgehead atoms. The SMILES string of the molecule is Nc1cc(Cl)c(NCCC(F)(F)F)c(C(=O)O)c1. The van der Waals surface area contributed by atoms with Gasteiger partial charge < -0.3 is 16.2 Å². The standard InChI is InChI=1S/C10H10ClF3N2O2/c11-7-4-5(15)3-6(9(17)18)8(7)16-2-1-10(12,13)14/h3-4,16H,1-2,15H2,(H,17,18). The summed E-state index contributed by atoms with van der Waals surface area (Å²) in [6, 6.07) is 2.40. The Bertz CT molecular complexity index is 463. The lowest BCUT2D eigenvalue weighted by Gasteiger charge is -2.13. The molecule has 0 radical (unpaired) electrons. The Morgan fingerprint density at radius 1 is 1.44 bits per heavy atom. The summed E-state index contributed by atoms with van der Waals surface area (Å²) in [4.78, 5) is 10.9. The zero-order chi connectivity index (χ0) is 13.9. The normalized spacial score (nSPS) is 11.3. The van der Waals surface area contributed by atoms with E-state index in [1.807, 2.05) is 0 Å². The number of carbonyl (C=O) groups is 1. The lowest BCUT2D eigenvalue weighted by molar-refractivity contribution is -0.131. The molecule has 0 saturated heterocycles. The minimum Gasteiger partial charge on any atom is -0.478 e. The first-order valence-electron chi connectivity index (χ1n) is 4.83. The van der Waals surface area contributed by atoms with Gasteiger partial charge in [-0.1, -0.05) is 11.6 Å². The fourth-order valence-electron chi connectivity index (χ4n) is 1.31. The molecule has 0 saturated carbocycles. The van der Waals surface area contributed by atoms with Gasteiger partial charge in [0.1, 0.15) is 0 Å². The summed E-state index contributed by atoms with van der Waals surface area (Å²) in [5.74, 6) is -1.32. The number of aromatic carboxylic acids is 1. The van der Waals surface area contributed by atoms with Crippen molar-refractivity contribution >= 4 is 28.9 Å². The van der Waals surface area contributed by atoms with E-state index in [9.17, 15) is 18.0 Å². The fourth-order valence-corrected chi connectivity index (χ4v) is 1.60. The van der Waals surface area contributed by atoms with E-state index in [1.165, 1.54) is 6.07 Å². The zero-order valence-corrected chi connectivity index (χ0v) is 9.77. The van der Waals surface area contributed by atoms with Crippen LogP contribution in [0.3, 0.4) is 0 Å². The molecule has 100 valence electrons. The maximum Gasteiger partial charge on any atom is 0.390 e. The summed E-state index contributed by atoms with van der Waals surface area (Å²) < 4.78 is 35.9. The monoisotopic (exact) mass is 282 g/mol. The van der Waals surface area contributed by atoms with Crippen molar-refractivity contribution in [2.75, 3.05) is 17.6 Å². The fraction of sp³-hybridized carbons (Fsp3) is 0.300. The highest BCUT2D eigenvalue weighted by Gasteiger charge is 2.26. The smallest absolute Gasteiger partial charge is 0.390 e. The van der Waals surface area contributed by atoms with Gasteiger partial charge in [-0.3, -0.25) is 0 Å². The first-order chi connectivity index (χ1) is 8.20. The molecule has 4 nitrogen and oxygen atoms in total. The predicted octanol–water partition coefficient (Wildman–Crippen LogP) is 2.98. The molecular formula is C10H10ClF3N2O2. The third-order valence-electron chi connectivity index (χ3n) is 2.05. The second-order valence-electron chi connectivity index (χ2n) is 3.52. The summed E-state index contributed by atoms with van der Waals surface area (Å²) in [5, 5.41) is 11.2. The van der Waals surface area contributed by atoms with E-state index in [0.29, 0.717) is 0 Å². The first-order valence-corrected chi connectivity index (χ1v) is 5.21. The Labute approximate surface area is 106 Å². The minimum atomic E-state index is -4.32. The minimum absolute atomic E-state index is 0.0328. The Kier molecular flexibility index (Phi) is 4.28. The summed E-state index contributed by atoms with van der Waals surface area (Å²) in [6.45, 7) is -0.465. The number of carboxylic acids is 1. The lowest BCUT2D eigenvalue weighted by atomic mass is 10.1. The second-order valence-corrected chi connectivity index (χ2v) is 3.93. The van der Waals surface area contributed by atoms with Crippen LogP contribution < -0.4 is 11.1 Å². The number of hydrogen-bond donors (Lipinski definition) is 3. The van der Waals surface area contributed by atoms with Gasteiger partial charge in [0.15, 0.2) is 0 Å². The topological polar surface area (TPSA) is 75.3 Å². The first kappa shape index (κ1) is 14.4. The van der Waals surface area contributed by atoms with E-state index in [4.69, 9.17) is 22.4 Å². The van der Waals surface area contributed by atoms with E-state index in [0.717, 1.165) is 6.07 Å². The van der Waals surface area contributed by atoms with Crippen molar-refractivity contribution in [2.45, 2.75) is 12.6 Å². The molecule has 8 heteroatoms. The van der Waals surface area contributed by atoms with E-state index < -0.39 is 25.1 Å². The molecule has 0 amide bonds. The number of nitrogens with two attached hydrogens (primary N) is 1. The van der Waals surface area contributed by atoms with Crippen LogP contribution in [0.15, 0.2) is 12.1 Å². The van der Waals surface area contributed by atoms with Crippen molar-refractivity contribution in [3.05, 3.63) is 22.7 Å². The molecule has 0 aliphatic rings. The molecule has 0 aromatic heterocycles. The summed E-state index contributed by atoms with van der Waals surface area (Å²) >= 11 is 5.74. The van der Waals surface area contributed by atoms with Crippen molar-refractivity contribution in [1.29, 1.82) is 0 Å². The molecule has 0 spiro atoms. The van der Waals surface area contributed by atoms with Gasteiger partial charge in [-0.25, -0.2) is 4.79 Å². The molecule has 0 atom stereocenters.